The number of nitriles is 1. The lowest BCUT2D eigenvalue weighted by molar-refractivity contribution is 0.332. The van der Waals surface area contributed by atoms with Crippen molar-refractivity contribution in [1.29, 1.82) is 5.26 Å². The molecule has 1 aromatic carbocycles. The Kier molecular flexibility index (Phi) is 4.94. The number of hydrogen-bond donors (Lipinski definition) is 1. The minimum atomic E-state index is 0.224. The Morgan fingerprint density at radius 1 is 1.14 bits per heavy atom. The second kappa shape index (κ2) is 7.10. The van der Waals surface area contributed by atoms with Gasteiger partial charge in [-0.05, 0) is 26.0 Å². The van der Waals surface area contributed by atoms with E-state index < -0.39 is 0 Å². The van der Waals surface area contributed by atoms with Crippen LogP contribution in [0.2, 0.25) is 0 Å². The van der Waals surface area contributed by atoms with Gasteiger partial charge < -0.3 is 14.8 Å². The van der Waals surface area contributed by atoms with E-state index in [0.29, 0.717) is 36.2 Å². The minimum Gasteiger partial charge on any atom is -0.494 e. The fourth-order valence-corrected chi connectivity index (χ4v) is 1.78. The van der Waals surface area contributed by atoms with Crippen LogP contribution in [0, 0.1) is 11.3 Å². The lowest BCUT2D eigenvalue weighted by atomic mass is 10.2. The third-order valence-electron chi connectivity index (χ3n) is 2.62. The SMILES string of the molecule is CCOc1ccc(OCC)c(Nc2nccnc2C#N)c1. The van der Waals surface area contributed by atoms with Gasteiger partial charge in [0.15, 0.2) is 11.5 Å². The van der Waals surface area contributed by atoms with Gasteiger partial charge in [0, 0.05) is 18.5 Å². The summed E-state index contributed by atoms with van der Waals surface area (Å²) in [6.07, 6.45) is 3.00. The van der Waals surface area contributed by atoms with Gasteiger partial charge in [-0.2, -0.15) is 5.26 Å². The third-order valence-corrected chi connectivity index (χ3v) is 2.62. The van der Waals surface area contributed by atoms with E-state index in [-0.39, 0.29) is 5.69 Å². The van der Waals surface area contributed by atoms with E-state index in [1.807, 2.05) is 38.1 Å². The van der Waals surface area contributed by atoms with Gasteiger partial charge in [-0.25, -0.2) is 9.97 Å². The van der Waals surface area contributed by atoms with E-state index >= 15 is 0 Å². The lowest BCUT2D eigenvalue weighted by Crippen LogP contribution is -2.02. The van der Waals surface area contributed by atoms with Gasteiger partial charge in [-0.15, -0.1) is 0 Å². The second-order valence-corrected chi connectivity index (χ2v) is 4.01. The van der Waals surface area contributed by atoms with Crippen LogP contribution in [-0.4, -0.2) is 23.2 Å². The summed E-state index contributed by atoms with van der Waals surface area (Å²) >= 11 is 0. The van der Waals surface area contributed by atoms with Gasteiger partial charge in [0.2, 0.25) is 0 Å². The summed E-state index contributed by atoms with van der Waals surface area (Å²) in [5.74, 6) is 1.76. The highest BCUT2D eigenvalue weighted by molar-refractivity contribution is 5.68. The fourth-order valence-electron chi connectivity index (χ4n) is 1.78. The highest BCUT2D eigenvalue weighted by atomic mass is 16.5. The monoisotopic (exact) mass is 284 g/mol. The topological polar surface area (TPSA) is 80.1 Å². The van der Waals surface area contributed by atoms with E-state index in [2.05, 4.69) is 15.3 Å². The molecule has 2 rings (SSSR count). The van der Waals surface area contributed by atoms with Crippen LogP contribution in [0.15, 0.2) is 30.6 Å². The number of hydrogen-bond acceptors (Lipinski definition) is 6. The molecule has 0 spiro atoms. The van der Waals surface area contributed by atoms with Crippen LogP contribution < -0.4 is 14.8 Å². The van der Waals surface area contributed by atoms with Crippen LogP contribution >= 0.6 is 0 Å². The summed E-state index contributed by atoms with van der Waals surface area (Å²) < 4.78 is 11.0. The smallest absolute Gasteiger partial charge is 0.183 e. The first-order valence-electron chi connectivity index (χ1n) is 6.66. The molecular weight excluding hydrogens is 268 g/mol. The standard InChI is InChI=1S/C15H16N4O2/c1-3-20-11-5-6-14(21-4-2)12(9-11)19-15-13(10-16)17-7-8-18-15/h5-9H,3-4H2,1-2H3,(H,18,19). The highest BCUT2D eigenvalue weighted by Crippen LogP contribution is 2.31. The van der Waals surface area contributed by atoms with Crippen molar-refractivity contribution in [2.24, 2.45) is 0 Å². The Hall–Kier alpha value is -2.81. The average Bonchev–Trinajstić information content (AvgIpc) is 2.51. The van der Waals surface area contributed by atoms with Gasteiger partial charge in [0.05, 0.1) is 18.9 Å². The number of rotatable bonds is 6. The number of aromatic nitrogens is 2. The Morgan fingerprint density at radius 3 is 2.62 bits per heavy atom. The molecule has 0 aliphatic heterocycles. The summed E-state index contributed by atoms with van der Waals surface area (Å²) in [7, 11) is 0. The van der Waals surface area contributed by atoms with Crippen LogP contribution in [0.5, 0.6) is 11.5 Å². The third kappa shape index (κ3) is 3.60. The highest BCUT2D eigenvalue weighted by Gasteiger charge is 2.10. The van der Waals surface area contributed by atoms with Crippen LogP contribution in [-0.2, 0) is 0 Å². The zero-order chi connectivity index (χ0) is 15.1. The largest absolute Gasteiger partial charge is 0.494 e. The first-order chi connectivity index (χ1) is 10.3. The zero-order valence-electron chi connectivity index (χ0n) is 12.0. The van der Waals surface area contributed by atoms with Crippen molar-refractivity contribution in [3.63, 3.8) is 0 Å². The molecule has 6 heteroatoms. The molecule has 6 nitrogen and oxygen atoms in total. The lowest BCUT2D eigenvalue weighted by Gasteiger charge is -2.14. The van der Waals surface area contributed by atoms with Crippen molar-refractivity contribution in [3.8, 4) is 17.6 Å². The van der Waals surface area contributed by atoms with Crippen molar-refractivity contribution in [2.45, 2.75) is 13.8 Å². The molecule has 108 valence electrons. The Balaban J connectivity index is 2.36. The molecule has 0 fully saturated rings. The van der Waals surface area contributed by atoms with E-state index in [1.165, 1.54) is 12.4 Å². The van der Waals surface area contributed by atoms with Gasteiger partial charge in [-0.1, -0.05) is 0 Å². The average molecular weight is 284 g/mol. The molecular formula is C15H16N4O2. The Bertz CT molecular complexity index is 652. The van der Waals surface area contributed by atoms with Crippen molar-refractivity contribution in [2.75, 3.05) is 18.5 Å². The van der Waals surface area contributed by atoms with E-state index in [4.69, 9.17) is 14.7 Å². The van der Waals surface area contributed by atoms with Crippen molar-refractivity contribution in [3.05, 3.63) is 36.3 Å². The van der Waals surface area contributed by atoms with Crippen LogP contribution in [0.25, 0.3) is 0 Å². The van der Waals surface area contributed by atoms with Gasteiger partial charge in [-0.3, -0.25) is 0 Å². The molecule has 1 heterocycles. The summed E-state index contributed by atoms with van der Waals surface area (Å²) in [6.45, 7) is 4.93. The van der Waals surface area contributed by atoms with Gasteiger partial charge in [0.1, 0.15) is 17.6 Å². The van der Waals surface area contributed by atoms with Crippen molar-refractivity contribution >= 4 is 11.5 Å². The summed E-state index contributed by atoms with van der Waals surface area (Å²) in [6, 6.07) is 7.46. The summed E-state index contributed by atoms with van der Waals surface area (Å²) in [5.41, 5.74) is 0.904. The molecule has 0 aliphatic rings. The molecule has 0 radical (unpaired) electrons. The number of benzene rings is 1. The molecule has 0 bridgehead atoms. The zero-order valence-corrected chi connectivity index (χ0v) is 12.0. The fraction of sp³-hybridized carbons (Fsp3) is 0.267. The molecule has 2 aromatic rings. The normalized spacial score (nSPS) is 9.76. The summed E-state index contributed by atoms with van der Waals surface area (Å²) in [5, 5.41) is 12.1. The molecule has 0 amide bonds. The molecule has 0 unspecified atom stereocenters. The first kappa shape index (κ1) is 14.6. The van der Waals surface area contributed by atoms with E-state index in [1.54, 1.807) is 0 Å². The maximum atomic E-state index is 9.06. The number of nitrogens with zero attached hydrogens (tertiary/aromatic N) is 3. The molecule has 0 aliphatic carbocycles. The molecule has 0 atom stereocenters. The van der Waals surface area contributed by atoms with Crippen LogP contribution in [0.1, 0.15) is 19.5 Å². The molecule has 21 heavy (non-hydrogen) atoms. The summed E-state index contributed by atoms with van der Waals surface area (Å²) in [4.78, 5) is 8.10. The first-order valence-corrected chi connectivity index (χ1v) is 6.66. The van der Waals surface area contributed by atoms with Gasteiger partial charge >= 0.3 is 0 Å². The van der Waals surface area contributed by atoms with Gasteiger partial charge in [0.25, 0.3) is 0 Å². The minimum absolute atomic E-state index is 0.224. The Labute approximate surface area is 123 Å². The molecule has 0 saturated carbocycles. The molecule has 1 N–H and O–H groups in total. The Morgan fingerprint density at radius 2 is 1.90 bits per heavy atom. The number of nitrogens with one attached hydrogen (secondary N) is 1. The maximum absolute atomic E-state index is 9.06. The van der Waals surface area contributed by atoms with Crippen molar-refractivity contribution in [1.82, 2.24) is 9.97 Å². The van der Waals surface area contributed by atoms with Crippen LogP contribution in [0.3, 0.4) is 0 Å². The quantitative estimate of drug-likeness (QED) is 0.878. The predicted octanol–water partition coefficient (Wildman–Crippen LogP) is 2.89. The maximum Gasteiger partial charge on any atom is 0.183 e. The second-order valence-electron chi connectivity index (χ2n) is 4.01. The number of ether oxygens (including phenoxy) is 2. The number of anilines is 2. The van der Waals surface area contributed by atoms with E-state index in [0.717, 1.165) is 0 Å². The van der Waals surface area contributed by atoms with E-state index in [9.17, 15) is 0 Å². The van der Waals surface area contributed by atoms with Crippen molar-refractivity contribution < 1.29 is 9.47 Å². The molecule has 1 aromatic heterocycles. The molecule has 0 saturated heterocycles. The predicted molar refractivity (Wildman–Crippen MR) is 78.8 cm³/mol. The van der Waals surface area contributed by atoms with Crippen LogP contribution in [0.4, 0.5) is 11.5 Å².